The molecule has 0 rings (SSSR count). The van der Waals surface area contributed by atoms with Crippen LogP contribution in [0.3, 0.4) is 0 Å². The van der Waals surface area contributed by atoms with Gasteiger partial charge >= 0.3 is 12.1 Å². The molecule has 0 spiro atoms. The minimum absolute atomic E-state index is 0.109. The minimum Gasteiger partial charge on any atom is -0.617 e. The van der Waals surface area contributed by atoms with Crippen molar-refractivity contribution in [3.63, 3.8) is 0 Å². The number of carboxylic acids is 1. The second-order valence-corrected chi connectivity index (χ2v) is 6.16. The molecule has 0 aliphatic carbocycles. The Morgan fingerprint density at radius 2 is 2.00 bits per heavy atom. The van der Waals surface area contributed by atoms with Gasteiger partial charge in [-0.15, -0.1) is 0 Å². The zero-order valence-corrected chi connectivity index (χ0v) is 11.3. The molecular formula is C10H19NO5S. The summed E-state index contributed by atoms with van der Waals surface area (Å²) in [5, 5.41) is 11.1. The van der Waals surface area contributed by atoms with Crippen LogP contribution in [-0.4, -0.2) is 45.4 Å². The van der Waals surface area contributed by atoms with Crippen molar-refractivity contribution in [1.82, 2.24) is 5.32 Å². The van der Waals surface area contributed by atoms with E-state index < -0.39 is 34.9 Å². The van der Waals surface area contributed by atoms with E-state index in [1.54, 1.807) is 20.8 Å². The molecule has 100 valence electrons. The second kappa shape index (κ2) is 6.70. The summed E-state index contributed by atoms with van der Waals surface area (Å²) in [6, 6.07) is -1.08. The number of rotatable bonds is 5. The molecule has 0 aromatic carbocycles. The third kappa shape index (κ3) is 8.82. The molecule has 6 nitrogen and oxygen atoms in total. The van der Waals surface area contributed by atoms with Gasteiger partial charge < -0.3 is 19.7 Å². The summed E-state index contributed by atoms with van der Waals surface area (Å²) in [5.74, 6) is -0.950. The Bertz CT molecular complexity index is 274. The molecule has 0 aliphatic heterocycles. The number of hydrogen-bond acceptors (Lipinski definition) is 4. The first kappa shape index (κ1) is 16.1. The van der Waals surface area contributed by atoms with Crippen LogP contribution in [0.15, 0.2) is 0 Å². The molecule has 0 saturated heterocycles. The van der Waals surface area contributed by atoms with Gasteiger partial charge in [-0.1, -0.05) is 11.2 Å². The first-order chi connectivity index (χ1) is 7.61. The number of carbonyl (C=O) groups is 2. The van der Waals surface area contributed by atoms with Crippen molar-refractivity contribution in [2.24, 2.45) is 0 Å². The van der Waals surface area contributed by atoms with Crippen molar-refractivity contribution >= 4 is 23.2 Å². The van der Waals surface area contributed by atoms with Crippen molar-refractivity contribution < 1.29 is 24.0 Å². The van der Waals surface area contributed by atoms with Crippen LogP contribution in [0.25, 0.3) is 0 Å². The highest BCUT2D eigenvalue weighted by Gasteiger charge is 2.24. The monoisotopic (exact) mass is 265 g/mol. The van der Waals surface area contributed by atoms with Crippen LogP contribution in [0.5, 0.6) is 0 Å². The van der Waals surface area contributed by atoms with Gasteiger partial charge in [-0.05, 0) is 20.8 Å². The first-order valence-electron chi connectivity index (χ1n) is 5.14. The van der Waals surface area contributed by atoms with Gasteiger partial charge in [-0.25, -0.2) is 9.59 Å². The molecule has 2 N–H and O–H groups in total. The Morgan fingerprint density at radius 1 is 1.47 bits per heavy atom. The molecule has 0 aromatic rings. The lowest BCUT2D eigenvalue weighted by Crippen LogP contribution is -2.44. The average Bonchev–Trinajstić information content (AvgIpc) is 2.08. The van der Waals surface area contributed by atoms with Crippen molar-refractivity contribution in [1.29, 1.82) is 0 Å². The fraction of sp³-hybridized carbons (Fsp3) is 0.800. The van der Waals surface area contributed by atoms with E-state index in [-0.39, 0.29) is 12.2 Å². The van der Waals surface area contributed by atoms with Crippen LogP contribution in [0, 0.1) is 0 Å². The fourth-order valence-corrected chi connectivity index (χ4v) is 1.56. The second-order valence-electron chi connectivity index (χ2n) is 4.60. The first-order valence-corrected chi connectivity index (χ1v) is 6.87. The molecule has 0 aromatic heterocycles. The van der Waals surface area contributed by atoms with Gasteiger partial charge in [0.05, 0.1) is 6.26 Å². The van der Waals surface area contributed by atoms with Gasteiger partial charge in [0.2, 0.25) is 0 Å². The largest absolute Gasteiger partial charge is 0.617 e. The van der Waals surface area contributed by atoms with E-state index in [1.807, 2.05) is 0 Å². The van der Waals surface area contributed by atoms with Crippen LogP contribution in [0.2, 0.25) is 0 Å². The fourth-order valence-electron chi connectivity index (χ4n) is 0.991. The lowest BCUT2D eigenvalue weighted by molar-refractivity contribution is -0.139. The van der Waals surface area contributed by atoms with E-state index in [0.717, 1.165) is 0 Å². The summed E-state index contributed by atoms with van der Waals surface area (Å²) in [4.78, 5) is 22.2. The van der Waals surface area contributed by atoms with Crippen molar-refractivity contribution in [2.75, 3.05) is 12.0 Å². The highest BCUT2D eigenvalue weighted by atomic mass is 32.2. The number of hydrogen-bond donors (Lipinski definition) is 2. The molecule has 1 unspecified atom stereocenters. The maximum Gasteiger partial charge on any atom is 0.408 e. The Hall–Kier alpha value is -0.950. The maximum atomic E-state index is 11.3. The predicted molar refractivity (Wildman–Crippen MR) is 64.3 cm³/mol. The maximum absolute atomic E-state index is 11.3. The number of aliphatic carboxylic acids is 1. The van der Waals surface area contributed by atoms with Gasteiger partial charge in [-0.3, -0.25) is 0 Å². The number of carbonyl (C=O) groups excluding carboxylic acids is 1. The Morgan fingerprint density at radius 3 is 2.35 bits per heavy atom. The average molecular weight is 265 g/mol. The van der Waals surface area contributed by atoms with Crippen LogP contribution >= 0.6 is 0 Å². The number of nitrogens with one attached hydrogen (secondary N) is 1. The van der Waals surface area contributed by atoms with Gasteiger partial charge in [0, 0.05) is 6.42 Å². The molecular weight excluding hydrogens is 246 g/mol. The highest BCUT2D eigenvalue weighted by Crippen LogP contribution is 2.07. The van der Waals surface area contributed by atoms with E-state index in [2.05, 4.69) is 5.32 Å². The smallest absolute Gasteiger partial charge is 0.408 e. The molecule has 7 heteroatoms. The summed E-state index contributed by atoms with van der Waals surface area (Å²) in [7, 11) is 0. The van der Waals surface area contributed by atoms with Crippen LogP contribution < -0.4 is 5.32 Å². The topological polar surface area (TPSA) is 98.7 Å². The highest BCUT2D eigenvalue weighted by molar-refractivity contribution is 7.90. The quantitative estimate of drug-likeness (QED) is 0.714. The molecule has 0 heterocycles. The third-order valence-corrected chi connectivity index (χ3v) is 2.49. The molecule has 1 amide bonds. The number of ether oxygens (including phenoxy) is 1. The van der Waals surface area contributed by atoms with Crippen LogP contribution in [-0.2, 0) is 20.7 Å². The molecule has 0 aliphatic rings. The standard InChI is InChI=1S/C10H19NO5S/c1-10(2,3)16-9(14)11-7(8(12)13)5-6-17(4)15/h7H,5-6H2,1-4H3,(H,11,14)(H,12,13)/t7-,17?/m0/s1. The molecule has 2 atom stereocenters. The van der Waals surface area contributed by atoms with E-state index in [1.165, 1.54) is 6.26 Å². The van der Waals surface area contributed by atoms with Crippen molar-refractivity contribution in [3.8, 4) is 0 Å². The van der Waals surface area contributed by atoms with E-state index >= 15 is 0 Å². The van der Waals surface area contributed by atoms with Crippen LogP contribution in [0.4, 0.5) is 4.79 Å². The summed E-state index contributed by atoms with van der Waals surface area (Å²) < 4.78 is 15.8. The molecule has 0 saturated carbocycles. The lowest BCUT2D eigenvalue weighted by Gasteiger charge is -2.21. The Labute approximate surface area is 104 Å². The van der Waals surface area contributed by atoms with E-state index in [4.69, 9.17) is 9.84 Å². The zero-order valence-electron chi connectivity index (χ0n) is 10.5. The van der Waals surface area contributed by atoms with E-state index in [0.29, 0.717) is 0 Å². The number of alkyl carbamates (subject to hydrolysis) is 1. The third-order valence-electron chi connectivity index (χ3n) is 1.68. The van der Waals surface area contributed by atoms with Gasteiger partial charge in [0.25, 0.3) is 0 Å². The lowest BCUT2D eigenvalue weighted by atomic mass is 10.2. The molecule has 0 bridgehead atoms. The minimum atomic E-state index is -1.17. The van der Waals surface area contributed by atoms with E-state index in [9.17, 15) is 14.1 Å². The SMILES string of the molecule is C[S+]([O-])CC[C@H](NC(=O)OC(C)(C)C)C(=O)O. The van der Waals surface area contributed by atoms with Crippen molar-refractivity contribution in [2.45, 2.75) is 38.8 Å². The zero-order chi connectivity index (χ0) is 13.6. The Kier molecular flexibility index (Phi) is 6.33. The molecule has 0 fully saturated rings. The van der Waals surface area contributed by atoms with Gasteiger partial charge in [-0.2, -0.15) is 0 Å². The molecule has 0 radical (unpaired) electrons. The van der Waals surface area contributed by atoms with Crippen molar-refractivity contribution in [3.05, 3.63) is 0 Å². The number of carboxylic acid groups (broad SMARTS) is 1. The summed E-state index contributed by atoms with van der Waals surface area (Å²) >= 11 is -1.09. The normalized spacial score (nSPS) is 14.9. The van der Waals surface area contributed by atoms with Gasteiger partial charge in [0.15, 0.2) is 0 Å². The summed E-state index contributed by atoms with van der Waals surface area (Å²) in [5.41, 5.74) is -0.680. The van der Waals surface area contributed by atoms with Gasteiger partial charge in [0.1, 0.15) is 17.4 Å². The Balaban J connectivity index is 4.26. The molecule has 17 heavy (non-hydrogen) atoms. The number of amides is 1. The van der Waals surface area contributed by atoms with Crippen LogP contribution in [0.1, 0.15) is 27.2 Å². The predicted octanol–water partition coefficient (Wildman–Crippen LogP) is 0.733. The summed E-state index contributed by atoms with van der Waals surface area (Å²) in [6.07, 6.45) is 0.802. The summed E-state index contributed by atoms with van der Waals surface area (Å²) in [6.45, 7) is 5.05.